The SMILES string of the molecule is O=C(/C=C/c1ccc([N+](=O)[O-])cc1)Nc1nnc(C2CC(=O)N(c3ccccc3)C2)s1. The molecule has 9 nitrogen and oxygen atoms in total. The molecule has 2 amide bonds. The van der Waals surface area contributed by atoms with Crippen LogP contribution in [-0.2, 0) is 9.59 Å². The number of aromatic nitrogens is 2. The Morgan fingerprint density at radius 3 is 2.61 bits per heavy atom. The van der Waals surface area contributed by atoms with Gasteiger partial charge in [0.05, 0.1) is 4.92 Å². The summed E-state index contributed by atoms with van der Waals surface area (Å²) in [4.78, 5) is 36.5. The molecule has 2 heterocycles. The molecule has 1 saturated heterocycles. The van der Waals surface area contributed by atoms with Gasteiger partial charge in [-0.15, -0.1) is 10.2 Å². The Bertz CT molecular complexity index is 1140. The maximum atomic E-state index is 12.4. The Balaban J connectivity index is 1.36. The zero-order valence-electron chi connectivity index (χ0n) is 16.2. The van der Waals surface area contributed by atoms with Gasteiger partial charge in [0, 0.05) is 42.8 Å². The van der Waals surface area contributed by atoms with Crippen LogP contribution in [-0.4, -0.2) is 33.5 Å². The van der Waals surface area contributed by atoms with Crippen LogP contribution in [0, 0.1) is 10.1 Å². The Morgan fingerprint density at radius 1 is 1.16 bits per heavy atom. The maximum Gasteiger partial charge on any atom is 0.269 e. The monoisotopic (exact) mass is 435 g/mol. The minimum atomic E-state index is -0.482. The van der Waals surface area contributed by atoms with E-state index in [1.165, 1.54) is 29.5 Å². The fourth-order valence-corrected chi connectivity index (χ4v) is 4.04. The van der Waals surface area contributed by atoms with Gasteiger partial charge in [-0.2, -0.15) is 0 Å². The number of hydrogen-bond donors (Lipinski definition) is 1. The summed E-state index contributed by atoms with van der Waals surface area (Å²) in [6, 6.07) is 15.3. The summed E-state index contributed by atoms with van der Waals surface area (Å²) in [5.74, 6) is -0.441. The summed E-state index contributed by atoms with van der Waals surface area (Å²) < 4.78 is 0. The molecule has 2 aromatic carbocycles. The van der Waals surface area contributed by atoms with Crippen LogP contribution in [0.2, 0.25) is 0 Å². The lowest BCUT2D eigenvalue weighted by Crippen LogP contribution is -2.24. The average Bonchev–Trinajstić information content (AvgIpc) is 3.39. The minimum absolute atomic E-state index is 0.0146. The van der Waals surface area contributed by atoms with Gasteiger partial charge in [0.2, 0.25) is 16.9 Å². The van der Waals surface area contributed by atoms with Crippen molar-refractivity contribution in [2.24, 2.45) is 0 Å². The molecule has 1 aliphatic rings. The van der Waals surface area contributed by atoms with Crippen molar-refractivity contribution in [3.63, 3.8) is 0 Å². The van der Waals surface area contributed by atoms with Gasteiger partial charge in [0.25, 0.3) is 5.69 Å². The van der Waals surface area contributed by atoms with Gasteiger partial charge < -0.3 is 4.90 Å². The number of amides is 2. The molecule has 1 N–H and O–H groups in total. The van der Waals surface area contributed by atoms with Gasteiger partial charge >= 0.3 is 0 Å². The quantitative estimate of drug-likeness (QED) is 0.359. The molecule has 3 aromatic rings. The van der Waals surface area contributed by atoms with Crippen molar-refractivity contribution in [2.45, 2.75) is 12.3 Å². The third-order valence-electron chi connectivity index (χ3n) is 4.74. The number of hydrogen-bond acceptors (Lipinski definition) is 7. The summed E-state index contributed by atoms with van der Waals surface area (Å²) in [7, 11) is 0. The zero-order chi connectivity index (χ0) is 21.8. The van der Waals surface area contributed by atoms with Gasteiger partial charge in [0.1, 0.15) is 5.01 Å². The molecule has 1 aromatic heterocycles. The summed E-state index contributed by atoms with van der Waals surface area (Å²) in [6.45, 7) is 0.519. The van der Waals surface area contributed by atoms with E-state index in [9.17, 15) is 19.7 Å². The summed E-state index contributed by atoms with van der Waals surface area (Å²) >= 11 is 1.24. The molecule has 0 saturated carbocycles. The number of benzene rings is 2. The van der Waals surface area contributed by atoms with Crippen molar-refractivity contribution in [1.29, 1.82) is 0 Å². The molecular formula is C21H17N5O4S. The number of nitrogens with one attached hydrogen (secondary N) is 1. The highest BCUT2D eigenvalue weighted by molar-refractivity contribution is 7.15. The van der Waals surface area contributed by atoms with Crippen molar-refractivity contribution in [2.75, 3.05) is 16.8 Å². The van der Waals surface area contributed by atoms with Crippen LogP contribution in [0.5, 0.6) is 0 Å². The number of anilines is 2. The number of non-ortho nitro benzene ring substituents is 1. The first kappa shape index (κ1) is 20.4. The Morgan fingerprint density at radius 2 is 1.90 bits per heavy atom. The van der Waals surface area contributed by atoms with E-state index in [2.05, 4.69) is 15.5 Å². The number of carbonyl (C=O) groups excluding carboxylic acids is 2. The highest BCUT2D eigenvalue weighted by atomic mass is 32.1. The van der Waals surface area contributed by atoms with E-state index < -0.39 is 10.8 Å². The maximum absolute atomic E-state index is 12.4. The van der Waals surface area contributed by atoms with Crippen LogP contribution in [0.4, 0.5) is 16.5 Å². The van der Waals surface area contributed by atoms with Crippen LogP contribution in [0.1, 0.15) is 22.9 Å². The Hall–Kier alpha value is -3.92. The zero-order valence-corrected chi connectivity index (χ0v) is 17.0. The van der Waals surface area contributed by atoms with E-state index in [0.29, 0.717) is 28.7 Å². The van der Waals surface area contributed by atoms with Crippen molar-refractivity contribution in [1.82, 2.24) is 10.2 Å². The average molecular weight is 435 g/mol. The second kappa shape index (κ2) is 8.84. The number of nitro groups is 1. The third-order valence-corrected chi connectivity index (χ3v) is 5.75. The van der Waals surface area contributed by atoms with E-state index in [1.807, 2.05) is 30.3 Å². The van der Waals surface area contributed by atoms with Gasteiger partial charge in [-0.1, -0.05) is 29.5 Å². The Kier molecular flexibility index (Phi) is 5.80. The normalized spacial score (nSPS) is 16.1. The fourth-order valence-electron chi connectivity index (χ4n) is 3.21. The van der Waals surface area contributed by atoms with Gasteiger partial charge in [0.15, 0.2) is 0 Å². The standard InChI is InChI=1S/C21H17N5O4S/c27-18(11-8-14-6-9-17(10-7-14)26(29)30)22-21-24-23-20(31-21)15-12-19(28)25(13-15)16-4-2-1-3-5-16/h1-11,15H,12-13H2,(H,22,24,27)/b11-8+. The van der Waals surface area contributed by atoms with Crippen LogP contribution in [0.15, 0.2) is 60.7 Å². The molecule has 0 aliphatic carbocycles. The molecule has 0 bridgehead atoms. The first-order chi connectivity index (χ1) is 15.0. The lowest BCUT2D eigenvalue weighted by atomic mass is 10.1. The molecule has 156 valence electrons. The number of nitrogens with zero attached hydrogens (tertiary/aromatic N) is 4. The van der Waals surface area contributed by atoms with E-state index in [1.54, 1.807) is 23.1 Å². The number of rotatable bonds is 6. The lowest BCUT2D eigenvalue weighted by Gasteiger charge is -2.15. The number of nitro benzene ring substituents is 1. The molecule has 1 atom stereocenters. The smallest absolute Gasteiger partial charge is 0.269 e. The van der Waals surface area contributed by atoms with E-state index >= 15 is 0 Å². The predicted molar refractivity (Wildman–Crippen MR) is 117 cm³/mol. The molecule has 1 aliphatic heterocycles. The first-order valence-corrected chi connectivity index (χ1v) is 10.2. The van der Waals surface area contributed by atoms with E-state index in [4.69, 9.17) is 0 Å². The van der Waals surface area contributed by atoms with Crippen LogP contribution >= 0.6 is 11.3 Å². The Labute approximate surface area is 181 Å². The van der Waals surface area contributed by atoms with Crippen molar-refractivity contribution in [3.8, 4) is 0 Å². The molecule has 31 heavy (non-hydrogen) atoms. The van der Waals surface area contributed by atoms with Gasteiger partial charge in [-0.25, -0.2) is 0 Å². The highest BCUT2D eigenvalue weighted by Gasteiger charge is 2.33. The predicted octanol–water partition coefficient (Wildman–Crippen LogP) is 3.62. The fraction of sp³-hybridized carbons (Fsp3) is 0.143. The molecular weight excluding hydrogens is 418 g/mol. The largest absolute Gasteiger partial charge is 0.312 e. The molecule has 0 radical (unpaired) electrons. The van der Waals surface area contributed by atoms with Crippen LogP contribution in [0.3, 0.4) is 0 Å². The number of para-hydroxylation sites is 1. The summed E-state index contributed by atoms with van der Waals surface area (Å²) in [5, 5.41) is 22.5. The van der Waals surface area contributed by atoms with Crippen LogP contribution in [0.25, 0.3) is 6.08 Å². The second-order valence-electron chi connectivity index (χ2n) is 6.86. The highest BCUT2D eigenvalue weighted by Crippen LogP contribution is 2.34. The molecule has 10 heteroatoms. The lowest BCUT2D eigenvalue weighted by molar-refractivity contribution is -0.384. The van der Waals surface area contributed by atoms with Gasteiger partial charge in [-0.05, 0) is 35.9 Å². The van der Waals surface area contributed by atoms with Crippen molar-refractivity contribution < 1.29 is 14.5 Å². The van der Waals surface area contributed by atoms with Crippen molar-refractivity contribution >= 4 is 45.7 Å². The number of carbonyl (C=O) groups is 2. The summed E-state index contributed by atoms with van der Waals surface area (Å²) in [6.07, 6.45) is 3.21. The molecule has 4 rings (SSSR count). The summed E-state index contributed by atoms with van der Waals surface area (Å²) in [5.41, 5.74) is 1.49. The van der Waals surface area contributed by atoms with Crippen LogP contribution < -0.4 is 10.2 Å². The molecule has 0 spiro atoms. The van der Waals surface area contributed by atoms with Gasteiger partial charge in [-0.3, -0.25) is 25.0 Å². The first-order valence-electron chi connectivity index (χ1n) is 9.42. The molecule has 1 fully saturated rings. The molecule has 1 unspecified atom stereocenters. The second-order valence-corrected chi connectivity index (χ2v) is 7.87. The third kappa shape index (κ3) is 4.81. The minimum Gasteiger partial charge on any atom is -0.312 e. The van der Waals surface area contributed by atoms with E-state index in [-0.39, 0.29) is 17.5 Å². The van der Waals surface area contributed by atoms with E-state index in [0.717, 1.165) is 5.69 Å². The topological polar surface area (TPSA) is 118 Å². The van der Waals surface area contributed by atoms with Crippen molar-refractivity contribution in [3.05, 3.63) is 81.4 Å².